The van der Waals surface area contributed by atoms with Crippen LogP contribution < -0.4 is 5.56 Å². The average Bonchev–Trinajstić information content (AvgIpc) is 3.39. The molecule has 27 heavy (non-hydrogen) atoms. The van der Waals surface area contributed by atoms with E-state index >= 15 is 0 Å². The summed E-state index contributed by atoms with van der Waals surface area (Å²) in [5, 5.41) is 4.57. The zero-order valence-electron chi connectivity index (χ0n) is 14.8. The first kappa shape index (κ1) is 18.1. The van der Waals surface area contributed by atoms with Crippen molar-refractivity contribution < 1.29 is 4.79 Å². The zero-order chi connectivity index (χ0) is 19.0. The normalized spacial score (nSPS) is 11.2. The van der Waals surface area contributed by atoms with Crippen LogP contribution in [-0.2, 0) is 20.1 Å². The second-order valence-corrected chi connectivity index (χ2v) is 9.28. The third kappa shape index (κ3) is 3.47. The number of amides is 1. The second-order valence-electron chi connectivity index (χ2n) is 6.22. The zero-order valence-corrected chi connectivity index (χ0v) is 17.3. The topological polar surface area (TPSA) is 55.2 Å². The Morgan fingerprint density at radius 1 is 1.15 bits per heavy atom. The summed E-state index contributed by atoms with van der Waals surface area (Å²) in [6, 6.07) is 8.06. The fourth-order valence-corrected chi connectivity index (χ4v) is 5.48. The Balaban J connectivity index is 1.74. The van der Waals surface area contributed by atoms with Crippen molar-refractivity contribution in [3.63, 3.8) is 0 Å². The Morgan fingerprint density at radius 3 is 2.33 bits per heavy atom. The fourth-order valence-electron chi connectivity index (χ4n) is 2.94. The highest BCUT2D eigenvalue weighted by atomic mass is 32.1. The van der Waals surface area contributed by atoms with Gasteiger partial charge in [0.05, 0.1) is 29.7 Å². The molecule has 0 aliphatic rings. The maximum Gasteiger partial charge on any atom is 0.264 e. The van der Waals surface area contributed by atoms with Crippen LogP contribution in [0.1, 0.15) is 25.0 Å². The fraction of sp³-hybridized carbons (Fsp3) is 0.211. The van der Waals surface area contributed by atoms with Gasteiger partial charge < -0.3 is 9.47 Å². The predicted octanol–water partition coefficient (Wildman–Crippen LogP) is 4.27. The highest BCUT2D eigenvalue weighted by Gasteiger charge is 2.24. The van der Waals surface area contributed by atoms with Crippen molar-refractivity contribution in [3.8, 4) is 0 Å². The van der Waals surface area contributed by atoms with Gasteiger partial charge in [-0.25, -0.2) is 4.98 Å². The molecule has 0 radical (unpaired) electrons. The van der Waals surface area contributed by atoms with Crippen molar-refractivity contribution in [2.45, 2.75) is 20.0 Å². The molecule has 0 aliphatic carbocycles. The largest absolute Gasteiger partial charge is 0.328 e. The number of thiophene rings is 3. The molecule has 0 aromatic carbocycles. The molecule has 4 aromatic rings. The summed E-state index contributed by atoms with van der Waals surface area (Å²) < 4.78 is 1.45. The minimum Gasteiger partial charge on any atom is -0.328 e. The van der Waals surface area contributed by atoms with Crippen LogP contribution in [-0.4, -0.2) is 20.4 Å². The molecule has 4 heterocycles. The van der Waals surface area contributed by atoms with E-state index in [4.69, 9.17) is 0 Å². The van der Waals surface area contributed by atoms with E-state index in [1.54, 1.807) is 29.7 Å². The molecule has 0 spiro atoms. The van der Waals surface area contributed by atoms with Gasteiger partial charge in [0.2, 0.25) is 0 Å². The van der Waals surface area contributed by atoms with Crippen LogP contribution in [0.4, 0.5) is 0 Å². The third-order valence-electron chi connectivity index (χ3n) is 4.35. The first-order valence-corrected chi connectivity index (χ1v) is 10.9. The summed E-state index contributed by atoms with van der Waals surface area (Å²) in [6.45, 7) is 2.94. The number of aryl methyl sites for hydroxylation is 2. The van der Waals surface area contributed by atoms with Crippen molar-refractivity contribution in [1.82, 2.24) is 14.5 Å². The van der Waals surface area contributed by atoms with E-state index < -0.39 is 0 Å². The van der Waals surface area contributed by atoms with Gasteiger partial charge in [-0.1, -0.05) is 12.1 Å². The second kappa shape index (κ2) is 7.38. The van der Waals surface area contributed by atoms with E-state index in [-0.39, 0.29) is 11.5 Å². The van der Waals surface area contributed by atoms with Gasteiger partial charge in [0.25, 0.3) is 11.5 Å². The van der Waals surface area contributed by atoms with Crippen LogP contribution in [0.25, 0.3) is 10.2 Å². The molecule has 0 bridgehead atoms. The van der Waals surface area contributed by atoms with Crippen LogP contribution >= 0.6 is 34.0 Å². The van der Waals surface area contributed by atoms with Gasteiger partial charge in [-0.05, 0) is 35.4 Å². The minimum atomic E-state index is -0.115. The van der Waals surface area contributed by atoms with Crippen molar-refractivity contribution >= 4 is 50.1 Å². The van der Waals surface area contributed by atoms with Crippen LogP contribution in [0.2, 0.25) is 0 Å². The molecule has 1 amide bonds. The average molecular weight is 416 g/mol. The number of nitrogens with zero attached hydrogens (tertiary/aromatic N) is 3. The van der Waals surface area contributed by atoms with Gasteiger partial charge in [-0.15, -0.1) is 34.0 Å². The quantitative estimate of drug-likeness (QED) is 0.489. The Morgan fingerprint density at radius 2 is 1.78 bits per heavy atom. The smallest absolute Gasteiger partial charge is 0.264 e. The Labute approximate surface area is 168 Å². The lowest BCUT2D eigenvalue weighted by molar-refractivity contribution is 0.0738. The van der Waals surface area contributed by atoms with Crippen molar-refractivity contribution in [1.29, 1.82) is 0 Å². The molecule has 0 unspecified atom stereocenters. The summed E-state index contributed by atoms with van der Waals surface area (Å²) in [4.78, 5) is 35.5. The third-order valence-corrected chi connectivity index (χ3v) is 7.26. The van der Waals surface area contributed by atoms with Gasteiger partial charge in [-0.3, -0.25) is 9.59 Å². The lowest BCUT2D eigenvalue weighted by Crippen LogP contribution is -2.29. The highest BCUT2D eigenvalue weighted by molar-refractivity contribution is 7.20. The van der Waals surface area contributed by atoms with Gasteiger partial charge in [0.15, 0.2) is 0 Å². The van der Waals surface area contributed by atoms with Gasteiger partial charge in [-0.2, -0.15) is 0 Å². The SMILES string of the molecule is Cc1c(C(=O)N(Cc2cccs2)Cc2cccs2)sc2ncn(C)c(=O)c12. The van der Waals surface area contributed by atoms with E-state index in [1.165, 1.54) is 22.2 Å². The van der Waals surface area contributed by atoms with Crippen molar-refractivity contribution in [2.75, 3.05) is 0 Å². The summed E-state index contributed by atoms with van der Waals surface area (Å²) >= 11 is 4.57. The van der Waals surface area contributed by atoms with Crippen LogP contribution in [0.3, 0.4) is 0 Å². The summed E-state index contributed by atoms with van der Waals surface area (Å²) in [7, 11) is 1.67. The minimum absolute atomic E-state index is 0.0562. The van der Waals surface area contributed by atoms with E-state index in [0.29, 0.717) is 28.2 Å². The van der Waals surface area contributed by atoms with Gasteiger partial charge in [0, 0.05) is 16.8 Å². The van der Waals surface area contributed by atoms with Gasteiger partial charge >= 0.3 is 0 Å². The van der Waals surface area contributed by atoms with Gasteiger partial charge in [0.1, 0.15) is 4.83 Å². The predicted molar refractivity (Wildman–Crippen MR) is 112 cm³/mol. The molecule has 5 nitrogen and oxygen atoms in total. The van der Waals surface area contributed by atoms with E-state index in [2.05, 4.69) is 4.98 Å². The molecular formula is C19H17N3O2S3. The number of hydrogen-bond acceptors (Lipinski definition) is 6. The molecule has 0 saturated heterocycles. The first-order chi connectivity index (χ1) is 13.0. The maximum absolute atomic E-state index is 13.4. The Bertz CT molecular complexity index is 1110. The molecule has 0 fully saturated rings. The molecule has 8 heteroatoms. The Hall–Kier alpha value is -2.29. The molecular weight excluding hydrogens is 398 g/mol. The van der Waals surface area contributed by atoms with E-state index in [1.807, 2.05) is 46.8 Å². The molecule has 4 rings (SSSR count). The lowest BCUT2D eigenvalue weighted by atomic mass is 10.2. The first-order valence-electron chi connectivity index (χ1n) is 8.33. The van der Waals surface area contributed by atoms with Crippen molar-refractivity contribution in [2.24, 2.45) is 7.05 Å². The Kier molecular flexibility index (Phi) is 4.94. The number of rotatable bonds is 5. The van der Waals surface area contributed by atoms with Crippen LogP contribution in [0, 0.1) is 6.92 Å². The number of carbonyl (C=O) groups is 1. The number of fused-ring (bicyclic) bond motifs is 1. The maximum atomic E-state index is 13.4. The van der Waals surface area contributed by atoms with Crippen molar-refractivity contribution in [3.05, 3.63) is 71.9 Å². The standard InChI is InChI=1S/C19H17N3O2S3/c1-12-15-17(20-11-21(2)18(15)23)27-16(12)19(24)22(9-13-5-3-7-25-13)10-14-6-4-8-26-14/h3-8,11H,9-10H2,1-2H3. The molecule has 0 aliphatic heterocycles. The molecule has 0 N–H and O–H groups in total. The van der Waals surface area contributed by atoms with E-state index in [9.17, 15) is 9.59 Å². The summed E-state index contributed by atoms with van der Waals surface area (Å²) in [5.74, 6) is -0.0562. The van der Waals surface area contributed by atoms with Crippen LogP contribution in [0.5, 0.6) is 0 Å². The van der Waals surface area contributed by atoms with E-state index in [0.717, 1.165) is 15.3 Å². The highest BCUT2D eigenvalue weighted by Crippen LogP contribution is 2.29. The molecule has 138 valence electrons. The lowest BCUT2D eigenvalue weighted by Gasteiger charge is -2.21. The molecule has 0 atom stereocenters. The monoisotopic (exact) mass is 415 g/mol. The number of carbonyl (C=O) groups excluding carboxylic acids is 1. The molecule has 0 saturated carbocycles. The summed E-state index contributed by atoms with van der Waals surface area (Å²) in [6.07, 6.45) is 1.50. The van der Waals surface area contributed by atoms with Crippen LogP contribution in [0.15, 0.2) is 46.1 Å². The number of aromatic nitrogens is 2. The summed E-state index contributed by atoms with van der Waals surface area (Å²) in [5.41, 5.74) is 0.604. The molecule has 4 aromatic heterocycles. The number of hydrogen-bond donors (Lipinski definition) is 0.